The highest BCUT2D eigenvalue weighted by Crippen LogP contribution is 2.53. The molecule has 1 aromatic rings. The van der Waals surface area contributed by atoms with E-state index in [1.165, 1.54) is 49.7 Å². The van der Waals surface area contributed by atoms with Gasteiger partial charge in [-0.25, -0.2) is 0 Å². The molecule has 1 aromatic carbocycles. The van der Waals surface area contributed by atoms with Crippen LogP contribution in [0, 0.1) is 0 Å². The Balaban J connectivity index is 1.59. The predicted octanol–water partition coefficient (Wildman–Crippen LogP) is 4.34. The first-order chi connectivity index (χ1) is 14.1. The van der Waals surface area contributed by atoms with Crippen LogP contribution in [0.3, 0.4) is 0 Å². The number of nitrogens with one attached hydrogen (secondary N) is 1. The molecule has 5 nitrogen and oxygen atoms in total. The van der Waals surface area contributed by atoms with Crippen molar-refractivity contribution in [3.05, 3.63) is 23.3 Å². The maximum Gasteiger partial charge on any atom is 0.217 e. The topological polar surface area (TPSA) is 50.8 Å². The number of carbonyl (C=O) groups excluding carboxylic acids is 1. The second kappa shape index (κ2) is 8.55. The van der Waals surface area contributed by atoms with Crippen molar-refractivity contribution in [2.24, 2.45) is 0 Å². The summed E-state index contributed by atoms with van der Waals surface area (Å²) in [4.78, 5) is 14.6. The van der Waals surface area contributed by atoms with Crippen LogP contribution in [0.1, 0.15) is 81.9 Å². The molecule has 0 unspecified atom stereocenters. The molecule has 2 aliphatic carbocycles. The van der Waals surface area contributed by atoms with Gasteiger partial charge in [-0.15, -0.1) is 0 Å². The van der Waals surface area contributed by atoms with E-state index < -0.39 is 0 Å². The van der Waals surface area contributed by atoms with Crippen LogP contribution in [0.2, 0.25) is 0 Å². The normalized spacial score (nSPS) is 24.7. The van der Waals surface area contributed by atoms with Gasteiger partial charge in [0.25, 0.3) is 0 Å². The van der Waals surface area contributed by atoms with Gasteiger partial charge in [0, 0.05) is 18.4 Å². The third-order valence-corrected chi connectivity index (χ3v) is 7.57. The molecule has 160 valence electrons. The van der Waals surface area contributed by atoms with E-state index in [1.54, 1.807) is 21.1 Å². The molecule has 1 spiro atoms. The molecule has 3 aliphatic rings. The van der Waals surface area contributed by atoms with E-state index in [2.05, 4.69) is 22.3 Å². The van der Waals surface area contributed by atoms with E-state index in [1.807, 2.05) is 0 Å². The van der Waals surface area contributed by atoms with Gasteiger partial charge in [0.2, 0.25) is 5.91 Å². The summed E-state index contributed by atoms with van der Waals surface area (Å²) in [6.45, 7) is 3.93. The highest BCUT2D eigenvalue weighted by Gasteiger charge is 2.47. The molecular weight excluding hydrogens is 364 g/mol. The first kappa shape index (κ1) is 20.5. The largest absolute Gasteiger partial charge is 0.493 e. The molecule has 2 fully saturated rings. The summed E-state index contributed by atoms with van der Waals surface area (Å²) >= 11 is 0. The Morgan fingerprint density at radius 1 is 1.03 bits per heavy atom. The average molecular weight is 401 g/mol. The Bertz CT molecular complexity index is 732. The van der Waals surface area contributed by atoms with Gasteiger partial charge in [-0.3, -0.25) is 4.79 Å². The van der Waals surface area contributed by atoms with Gasteiger partial charge < -0.3 is 19.7 Å². The highest BCUT2D eigenvalue weighted by atomic mass is 16.5. The molecular formula is C24H36N2O3. The summed E-state index contributed by atoms with van der Waals surface area (Å²) in [5.74, 6) is 1.57. The molecule has 4 rings (SSSR count). The van der Waals surface area contributed by atoms with Crippen molar-refractivity contribution in [2.45, 2.75) is 82.2 Å². The molecule has 1 N–H and O–H groups in total. The van der Waals surface area contributed by atoms with Gasteiger partial charge >= 0.3 is 0 Å². The number of ether oxygens (including phenoxy) is 2. The summed E-state index contributed by atoms with van der Waals surface area (Å²) in [6, 6.07) is 5.09. The lowest BCUT2D eigenvalue weighted by molar-refractivity contribution is -0.119. The first-order valence-electron chi connectivity index (χ1n) is 11.3. The number of fused-ring (bicyclic) bond motifs is 2. The molecule has 0 radical (unpaired) electrons. The van der Waals surface area contributed by atoms with Crippen molar-refractivity contribution in [3.63, 3.8) is 0 Å². The number of amides is 1. The molecule has 1 aliphatic heterocycles. The maximum absolute atomic E-state index is 11.9. The average Bonchev–Trinajstić information content (AvgIpc) is 2.90. The fraction of sp³-hybridized carbons (Fsp3) is 0.708. The number of methoxy groups -OCH3 is 2. The van der Waals surface area contributed by atoms with Crippen LogP contribution < -0.4 is 14.8 Å². The zero-order chi connectivity index (χ0) is 20.4. The van der Waals surface area contributed by atoms with E-state index in [-0.39, 0.29) is 17.4 Å². The third kappa shape index (κ3) is 3.98. The summed E-state index contributed by atoms with van der Waals surface area (Å²) in [5.41, 5.74) is 2.69. The minimum Gasteiger partial charge on any atom is -0.493 e. The summed E-state index contributed by atoms with van der Waals surface area (Å²) in [7, 11) is 3.37. The highest BCUT2D eigenvalue weighted by molar-refractivity contribution is 5.74. The molecule has 0 aromatic heterocycles. The second-order valence-electron chi connectivity index (χ2n) is 9.21. The third-order valence-electron chi connectivity index (χ3n) is 7.57. The van der Waals surface area contributed by atoms with Gasteiger partial charge in [-0.2, -0.15) is 0 Å². The van der Waals surface area contributed by atoms with Gasteiger partial charge in [-0.05, 0) is 68.5 Å². The minimum atomic E-state index is 0.0312. The molecule has 0 bridgehead atoms. The van der Waals surface area contributed by atoms with E-state index in [9.17, 15) is 4.79 Å². The van der Waals surface area contributed by atoms with Crippen LogP contribution in [0.15, 0.2) is 12.1 Å². The molecule has 1 saturated heterocycles. The number of hydrogen-bond donors (Lipinski definition) is 1. The minimum absolute atomic E-state index is 0.0312. The van der Waals surface area contributed by atoms with Crippen molar-refractivity contribution in [1.29, 1.82) is 0 Å². The second-order valence-corrected chi connectivity index (χ2v) is 9.21. The van der Waals surface area contributed by atoms with Crippen LogP contribution >= 0.6 is 0 Å². The van der Waals surface area contributed by atoms with E-state index in [0.717, 1.165) is 49.9 Å². The Kier molecular flexibility index (Phi) is 6.05. The van der Waals surface area contributed by atoms with Gasteiger partial charge in [0.15, 0.2) is 11.5 Å². The SMILES string of the molecule is COc1cc2c(cc1OC)C1(CCN(C3CCCCCC3)CC1)C[C@@H]2NC(C)=O. The van der Waals surface area contributed by atoms with E-state index in [4.69, 9.17) is 9.47 Å². The lowest BCUT2D eigenvalue weighted by Gasteiger charge is -2.43. The standard InChI is InChI=1S/C24H36N2O3/c1-17(27)25-21-16-24(20-15-23(29-3)22(28-2)14-19(20)21)10-12-26(13-11-24)18-8-6-4-5-7-9-18/h14-15,18,21H,4-13,16H2,1-3H3,(H,25,27)/t21-/m0/s1. The zero-order valence-corrected chi connectivity index (χ0v) is 18.3. The molecule has 1 amide bonds. The molecule has 1 heterocycles. The number of benzene rings is 1. The fourth-order valence-corrected chi connectivity index (χ4v) is 6.04. The van der Waals surface area contributed by atoms with E-state index >= 15 is 0 Å². The monoisotopic (exact) mass is 400 g/mol. The number of rotatable bonds is 4. The van der Waals surface area contributed by atoms with Gasteiger partial charge in [0.1, 0.15) is 0 Å². The van der Waals surface area contributed by atoms with Crippen LogP contribution in [0.4, 0.5) is 0 Å². The van der Waals surface area contributed by atoms with Crippen LogP contribution in [-0.2, 0) is 10.2 Å². The number of nitrogens with zero attached hydrogens (tertiary/aromatic N) is 1. The molecule has 5 heteroatoms. The smallest absolute Gasteiger partial charge is 0.217 e. The number of hydrogen-bond acceptors (Lipinski definition) is 4. The van der Waals surface area contributed by atoms with Crippen molar-refractivity contribution >= 4 is 5.91 Å². The molecule has 1 atom stereocenters. The van der Waals surface area contributed by atoms with Gasteiger partial charge in [0.05, 0.1) is 20.3 Å². The zero-order valence-electron chi connectivity index (χ0n) is 18.3. The Morgan fingerprint density at radius 2 is 1.66 bits per heavy atom. The Hall–Kier alpha value is -1.75. The number of likely N-dealkylation sites (tertiary alicyclic amines) is 1. The summed E-state index contributed by atoms with van der Waals surface area (Å²) < 4.78 is 11.2. The lowest BCUT2D eigenvalue weighted by Crippen LogP contribution is -2.46. The van der Waals surface area contributed by atoms with Crippen LogP contribution in [0.25, 0.3) is 0 Å². The maximum atomic E-state index is 11.9. The van der Waals surface area contributed by atoms with Gasteiger partial charge in [-0.1, -0.05) is 25.7 Å². The number of carbonyl (C=O) groups is 1. The number of piperidine rings is 1. The molecule has 29 heavy (non-hydrogen) atoms. The quantitative estimate of drug-likeness (QED) is 0.764. The molecule has 1 saturated carbocycles. The van der Waals surface area contributed by atoms with Crippen LogP contribution in [0.5, 0.6) is 11.5 Å². The fourth-order valence-electron chi connectivity index (χ4n) is 6.04. The van der Waals surface area contributed by atoms with Crippen molar-refractivity contribution in [1.82, 2.24) is 10.2 Å². The predicted molar refractivity (Wildman–Crippen MR) is 115 cm³/mol. The van der Waals surface area contributed by atoms with Crippen molar-refractivity contribution in [2.75, 3.05) is 27.3 Å². The summed E-state index contributed by atoms with van der Waals surface area (Å²) in [5, 5.41) is 3.19. The van der Waals surface area contributed by atoms with Crippen LogP contribution in [-0.4, -0.2) is 44.2 Å². The van der Waals surface area contributed by atoms with Crippen molar-refractivity contribution < 1.29 is 14.3 Å². The van der Waals surface area contributed by atoms with E-state index in [0.29, 0.717) is 0 Å². The van der Waals surface area contributed by atoms with Crippen molar-refractivity contribution in [3.8, 4) is 11.5 Å². The lowest BCUT2D eigenvalue weighted by atomic mass is 9.73. The Morgan fingerprint density at radius 3 is 2.24 bits per heavy atom. The first-order valence-corrected chi connectivity index (χ1v) is 11.3. The summed E-state index contributed by atoms with van der Waals surface area (Å²) in [6.07, 6.45) is 11.6. The Labute approximate surface area is 175 Å².